The number of fused-ring (bicyclic) bond motifs is 1. The van der Waals surface area contributed by atoms with Crippen LogP contribution >= 0.6 is 11.8 Å². The maximum Gasteiger partial charge on any atom is 0.261 e. The van der Waals surface area contributed by atoms with Crippen molar-refractivity contribution in [2.75, 3.05) is 11.6 Å². The molecule has 1 aromatic heterocycles. The van der Waals surface area contributed by atoms with Gasteiger partial charge in [-0.3, -0.25) is 14.2 Å². The van der Waals surface area contributed by atoms with Gasteiger partial charge in [-0.15, -0.1) is 11.8 Å². The number of hydrogen-bond donors (Lipinski definition) is 1. The Bertz CT molecular complexity index is 966. The third kappa shape index (κ3) is 3.19. The fraction of sp³-hybridized carbons (Fsp3) is 0.167. The average molecular weight is 339 g/mol. The van der Waals surface area contributed by atoms with Gasteiger partial charge in [0, 0.05) is 4.90 Å². The minimum atomic E-state index is -0.257. The van der Waals surface area contributed by atoms with Gasteiger partial charge < -0.3 is 5.32 Å². The lowest BCUT2D eigenvalue weighted by molar-refractivity contribution is -0.116. The van der Waals surface area contributed by atoms with Gasteiger partial charge in [0.1, 0.15) is 6.54 Å². The Hall–Kier alpha value is -2.60. The maximum atomic E-state index is 12.5. The highest BCUT2D eigenvalue weighted by atomic mass is 32.2. The molecule has 0 atom stereocenters. The van der Waals surface area contributed by atoms with Crippen LogP contribution in [0.1, 0.15) is 5.56 Å². The molecule has 0 bridgehead atoms. The highest BCUT2D eigenvalue weighted by Gasteiger charge is 2.10. The fourth-order valence-electron chi connectivity index (χ4n) is 2.54. The molecule has 0 spiro atoms. The Morgan fingerprint density at radius 3 is 2.79 bits per heavy atom. The first-order valence-electron chi connectivity index (χ1n) is 7.48. The third-order valence-corrected chi connectivity index (χ3v) is 4.55. The van der Waals surface area contributed by atoms with E-state index in [-0.39, 0.29) is 18.0 Å². The Kier molecular flexibility index (Phi) is 4.66. The van der Waals surface area contributed by atoms with Crippen molar-refractivity contribution < 1.29 is 4.79 Å². The molecule has 1 heterocycles. The molecule has 0 unspecified atom stereocenters. The highest BCUT2D eigenvalue weighted by Crippen LogP contribution is 2.24. The predicted octanol–water partition coefficient (Wildman–Crippen LogP) is 3.07. The molecule has 0 aliphatic carbocycles. The number of carbonyl (C=O) groups is 1. The first-order chi connectivity index (χ1) is 11.6. The van der Waals surface area contributed by atoms with Gasteiger partial charge in [0.25, 0.3) is 5.56 Å². The van der Waals surface area contributed by atoms with Crippen molar-refractivity contribution >= 4 is 34.3 Å². The van der Waals surface area contributed by atoms with Crippen LogP contribution in [-0.4, -0.2) is 21.7 Å². The van der Waals surface area contributed by atoms with Gasteiger partial charge in [-0.1, -0.05) is 24.3 Å². The molecule has 2 aromatic carbocycles. The van der Waals surface area contributed by atoms with Crippen LogP contribution in [0.2, 0.25) is 0 Å². The van der Waals surface area contributed by atoms with Crippen LogP contribution in [0.25, 0.3) is 10.9 Å². The molecule has 0 aliphatic rings. The van der Waals surface area contributed by atoms with Crippen molar-refractivity contribution in [2.45, 2.75) is 18.4 Å². The molecule has 1 N–H and O–H groups in total. The number of benzene rings is 2. The van der Waals surface area contributed by atoms with E-state index in [0.29, 0.717) is 10.9 Å². The van der Waals surface area contributed by atoms with Gasteiger partial charge >= 0.3 is 0 Å². The molecule has 0 fully saturated rings. The lowest BCUT2D eigenvalue weighted by Gasteiger charge is -2.11. The molecule has 0 radical (unpaired) electrons. The number of thioether (sulfide) groups is 1. The topological polar surface area (TPSA) is 64.0 Å². The van der Waals surface area contributed by atoms with Gasteiger partial charge in [0.05, 0.1) is 22.9 Å². The van der Waals surface area contributed by atoms with Gasteiger partial charge in [0.15, 0.2) is 0 Å². The lowest BCUT2D eigenvalue weighted by Crippen LogP contribution is -2.28. The molecule has 0 aliphatic heterocycles. The second-order valence-electron chi connectivity index (χ2n) is 5.40. The van der Waals surface area contributed by atoms with Crippen molar-refractivity contribution in [1.82, 2.24) is 9.55 Å². The Balaban J connectivity index is 1.86. The van der Waals surface area contributed by atoms with E-state index in [2.05, 4.69) is 10.3 Å². The molecule has 3 aromatic rings. The summed E-state index contributed by atoms with van der Waals surface area (Å²) >= 11 is 1.55. The van der Waals surface area contributed by atoms with E-state index >= 15 is 0 Å². The standard InChI is InChI=1S/C18H17N3O2S/c1-12-6-5-7-13-17(12)19-11-21(18(13)23)10-16(22)20-14-8-3-4-9-15(14)24-2/h3-9,11H,10H2,1-2H3,(H,20,22). The molecule has 0 saturated heterocycles. The third-order valence-electron chi connectivity index (χ3n) is 3.75. The first-order valence-corrected chi connectivity index (χ1v) is 8.70. The summed E-state index contributed by atoms with van der Waals surface area (Å²) in [4.78, 5) is 30.1. The molecule has 5 nitrogen and oxygen atoms in total. The molecule has 1 amide bonds. The van der Waals surface area contributed by atoms with Crippen LogP contribution in [0.5, 0.6) is 0 Å². The number of para-hydroxylation sites is 2. The quantitative estimate of drug-likeness (QED) is 0.742. The minimum absolute atomic E-state index is 0.0710. The summed E-state index contributed by atoms with van der Waals surface area (Å²) in [5.41, 5.74) is 2.15. The van der Waals surface area contributed by atoms with E-state index in [0.717, 1.165) is 16.1 Å². The predicted molar refractivity (Wildman–Crippen MR) is 97.6 cm³/mol. The summed E-state index contributed by atoms with van der Waals surface area (Å²) in [5, 5.41) is 3.37. The van der Waals surface area contributed by atoms with Crippen molar-refractivity contribution in [3.8, 4) is 0 Å². The number of carbonyl (C=O) groups excluding carboxylic acids is 1. The molecular weight excluding hydrogens is 322 g/mol. The number of nitrogens with one attached hydrogen (secondary N) is 1. The lowest BCUT2D eigenvalue weighted by atomic mass is 10.1. The Labute approximate surface area is 143 Å². The van der Waals surface area contributed by atoms with Crippen LogP contribution < -0.4 is 10.9 Å². The fourth-order valence-corrected chi connectivity index (χ4v) is 3.10. The molecule has 3 rings (SSSR count). The van der Waals surface area contributed by atoms with E-state index in [4.69, 9.17) is 0 Å². The van der Waals surface area contributed by atoms with E-state index < -0.39 is 0 Å². The molecular formula is C18H17N3O2S. The van der Waals surface area contributed by atoms with E-state index in [1.54, 1.807) is 17.8 Å². The van der Waals surface area contributed by atoms with Crippen molar-refractivity contribution in [1.29, 1.82) is 0 Å². The summed E-state index contributed by atoms with van der Waals surface area (Å²) < 4.78 is 1.33. The summed E-state index contributed by atoms with van der Waals surface area (Å²) in [6.07, 6.45) is 3.38. The number of aromatic nitrogens is 2. The summed E-state index contributed by atoms with van der Waals surface area (Å²) in [7, 11) is 0. The second kappa shape index (κ2) is 6.88. The number of anilines is 1. The summed E-state index contributed by atoms with van der Waals surface area (Å²) in [6.45, 7) is 1.84. The Morgan fingerprint density at radius 1 is 1.21 bits per heavy atom. The van der Waals surface area contributed by atoms with Crippen LogP contribution in [0.3, 0.4) is 0 Å². The van der Waals surface area contributed by atoms with Crippen molar-refractivity contribution in [3.63, 3.8) is 0 Å². The second-order valence-corrected chi connectivity index (χ2v) is 6.25. The SMILES string of the molecule is CSc1ccccc1NC(=O)Cn1cnc2c(C)cccc2c1=O. The van der Waals surface area contributed by atoms with E-state index in [9.17, 15) is 9.59 Å². The van der Waals surface area contributed by atoms with Gasteiger partial charge in [-0.2, -0.15) is 0 Å². The molecule has 122 valence electrons. The number of nitrogens with zero attached hydrogens (tertiary/aromatic N) is 2. The largest absolute Gasteiger partial charge is 0.324 e. The number of hydrogen-bond acceptors (Lipinski definition) is 4. The molecule has 0 saturated carbocycles. The van der Waals surface area contributed by atoms with E-state index in [1.165, 1.54) is 10.9 Å². The zero-order chi connectivity index (χ0) is 17.1. The Morgan fingerprint density at radius 2 is 2.00 bits per heavy atom. The van der Waals surface area contributed by atoms with Gasteiger partial charge in [-0.05, 0) is 36.9 Å². The zero-order valence-electron chi connectivity index (χ0n) is 13.4. The number of aryl methyl sites for hydroxylation is 1. The smallest absolute Gasteiger partial charge is 0.261 e. The van der Waals surface area contributed by atoms with Crippen LogP contribution in [0.4, 0.5) is 5.69 Å². The summed E-state index contributed by atoms with van der Waals surface area (Å²) in [5.74, 6) is -0.257. The highest BCUT2D eigenvalue weighted by molar-refractivity contribution is 7.98. The van der Waals surface area contributed by atoms with Crippen LogP contribution in [0, 0.1) is 6.92 Å². The van der Waals surface area contributed by atoms with Crippen LogP contribution in [-0.2, 0) is 11.3 Å². The van der Waals surface area contributed by atoms with Crippen molar-refractivity contribution in [3.05, 3.63) is 64.7 Å². The van der Waals surface area contributed by atoms with Crippen LogP contribution in [0.15, 0.2) is 58.5 Å². The molecule has 6 heteroatoms. The zero-order valence-corrected chi connectivity index (χ0v) is 14.3. The summed E-state index contributed by atoms with van der Waals surface area (Å²) in [6, 6.07) is 13.0. The minimum Gasteiger partial charge on any atom is -0.324 e. The normalized spacial score (nSPS) is 10.8. The monoisotopic (exact) mass is 339 g/mol. The van der Waals surface area contributed by atoms with Gasteiger partial charge in [0.2, 0.25) is 5.91 Å². The number of amides is 1. The number of rotatable bonds is 4. The maximum absolute atomic E-state index is 12.5. The first kappa shape index (κ1) is 16.3. The average Bonchev–Trinajstić information content (AvgIpc) is 2.58. The van der Waals surface area contributed by atoms with Crippen molar-refractivity contribution in [2.24, 2.45) is 0 Å². The van der Waals surface area contributed by atoms with E-state index in [1.807, 2.05) is 49.6 Å². The molecule has 24 heavy (non-hydrogen) atoms. The van der Waals surface area contributed by atoms with Gasteiger partial charge in [-0.25, -0.2) is 4.98 Å².